The van der Waals surface area contributed by atoms with Crippen LogP contribution in [-0.2, 0) is 28.4 Å². The minimum atomic E-state index is -1.78. The second-order valence-electron chi connectivity index (χ2n) is 21.0. The molecule has 1 aromatic heterocycles. The van der Waals surface area contributed by atoms with Crippen molar-refractivity contribution in [3.63, 3.8) is 0 Å². The van der Waals surface area contributed by atoms with Crippen molar-refractivity contribution in [2.45, 2.75) is 149 Å². The zero-order chi connectivity index (χ0) is 62.3. The number of benzene rings is 4. The fourth-order valence-electron chi connectivity index (χ4n) is 10.1. The van der Waals surface area contributed by atoms with E-state index in [1.807, 2.05) is 0 Å². The van der Waals surface area contributed by atoms with Gasteiger partial charge in [-0.1, -0.05) is 6.07 Å². The highest BCUT2D eigenvalue weighted by Gasteiger charge is 2.50. The molecule has 4 aromatic carbocycles. The Morgan fingerprint density at radius 1 is 0.488 bits per heavy atom. The van der Waals surface area contributed by atoms with Gasteiger partial charge in [-0.05, 0) is 49.7 Å². The number of phenolic OH excluding ortho intramolecular Hbond substituents is 4. The van der Waals surface area contributed by atoms with Gasteiger partial charge in [0.1, 0.15) is 143 Å². The Kier molecular flexibility index (Phi) is 19.5. The van der Waals surface area contributed by atoms with Crippen molar-refractivity contribution in [2.24, 2.45) is 0 Å². The summed E-state index contributed by atoms with van der Waals surface area (Å²) in [5, 5.41) is 164. The Balaban J connectivity index is 0.000000205. The third-order valence-electron chi connectivity index (χ3n) is 15.1. The van der Waals surface area contributed by atoms with Crippen LogP contribution < -0.4 is 29.1 Å². The number of hydrogen-bond donors (Lipinski definition) is 16. The second-order valence-corrected chi connectivity index (χ2v) is 21.0. The van der Waals surface area contributed by atoms with E-state index in [9.17, 15) is 91.3 Å². The van der Waals surface area contributed by atoms with Crippen LogP contribution in [-0.4, -0.2) is 238 Å². The third-order valence-corrected chi connectivity index (χ3v) is 15.1. The average Bonchev–Trinajstić information content (AvgIpc) is 1.49. The van der Waals surface area contributed by atoms with Crippen molar-refractivity contribution in [2.75, 3.05) is 27.4 Å². The molecule has 30 heteroatoms. The molecule has 470 valence electrons. The van der Waals surface area contributed by atoms with Gasteiger partial charge in [-0.2, -0.15) is 0 Å². The van der Waals surface area contributed by atoms with Crippen molar-refractivity contribution in [1.29, 1.82) is 0 Å². The van der Waals surface area contributed by atoms with Gasteiger partial charge in [-0.25, -0.2) is 0 Å². The maximum atomic E-state index is 12.9. The van der Waals surface area contributed by atoms with Crippen molar-refractivity contribution in [3.05, 3.63) is 88.1 Å². The molecule has 0 unspecified atom stereocenters. The maximum absolute atomic E-state index is 12.9. The highest BCUT2D eigenvalue weighted by molar-refractivity contribution is 6.02. The van der Waals surface area contributed by atoms with E-state index < -0.39 is 165 Å². The van der Waals surface area contributed by atoms with Gasteiger partial charge in [0.15, 0.2) is 46.8 Å². The minimum Gasteiger partial charge on any atom is -0.507 e. The summed E-state index contributed by atoms with van der Waals surface area (Å²) < 4.78 is 66.1. The molecular weight excluding hydrogens is 1150 g/mol. The summed E-state index contributed by atoms with van der Waals surface area (Å²) in [7, 11) is 2.77. The predicted octanol–water partition coefficient (Wildman–Crippen LogP) is -2.25. The number of carbonyl (C=O) groups is 1. The number of aliphatic hydroxyl groups is 12. The number of phenols is 4. The summed E-state index contributed by atoms with van der Waals surface area (Å²) in [5.74, 6) is -1.60. The van der Waals surface area contributed by atoms with Crippen molar-refractivity contribution >= 4 is 16.8 Å². The smallest absolute Gasteiger partial charge is 0.229 e. The van der Waals surface area contributed by atoms with Gasteiger partial charge in [0.25, 0.3) is 0 Å². The number of ether oxygens (including phenoxy) is 11. The molecule has 6 heterocycles. The Labute approximate surface area is 486 Å². The molecule has 4 saturated heterocycles. The molecule has 30 nitrogen and oxygen atoms in total. The fraction of sp³-hybridized carbons (Fsp3) is 0.500. The maximum Gasteiger partial charge on any atom is 0.229 e. The molecule has 5 aliphatic heterocycles. The molecule has 16 N–H and O–H groups in total. The van der Waals surface area contributed by atoms with Crippen LogP contribution in [0.2, 0.25) is 0 Å². The second kappa shape index (κ2) is 26.3. The average molecular weight is 1220 g/mol. The summed E-state index contributed by atoms with van der Waals surface area (Å²) in [5.41, 5.74) is -0.00724. The van der Waals surface area contributed by atoms with E-state index in [1.165, 1.54) is 64.5 Å². The zero-order valence-electron chi connectivity index (χ0n) is 46.0. The number of hydrogen-bond acceptors (Lipinski definition) is 30. The first kappa shape index (κ1) is 63.7. The van der Waals surface area contributed by atoms with Gasteiger partial charge < -0.3 is 138 Å². The monoisotopic (exact) mass is 1220 g/mol. The summed E-state index contributed by atoms with van der Waals surface area (Å²) >= 11 is 0. The highest BCUT2D eigenvalue weighted by Crippen LogP contribution is 2.44. The van der Waals surface area contributed by atoms with E-state index in [1.54, 1.807) is 12.1 Å². The van der Waals surface area contributed by atoms with E-state index in [4.69, 9.17) is 56.5 Å². The van der Waals surface area contributed by atoms with Crippen molar-refractivity contribution in [1.82, 2.24) is 0 Å². The normalized spacial score (nSPS) is 34.5. The molecule has 5 aliphatic rings. The molecule has 21 atom stereocenters. The van der Waals surface area contributed by atoms with E-state index in [0.29, 0.717) is 11.1 Å². The Morgan fingerprint density at radius 3 is 1.48 bits per heavy atom. The number of fused-ring (bicyclic) bond motifs is 2. The Bertz CT molecular complexity index is 3250. The first-order chi connectivity index (χ1) is 40.8. The van der Waals surface area contributed by atoms with Gasteiger partial charge in [0.2, 0.25) is 12.6 Å². The summed E-state index contributed by atoms with van der Waals surface area (Å²) in [6, 6.07) is 14.7. The highest BCUT2D eigenvalue weighted by atomic mass is 16.7. The molecule has 10 rings (SSSR count). The quantitative estimate of drug-likeness (QED) is 0.0559. The molecule has 0 radical (unpaired) electrons. The van der Waals surface area contributed by atoms with Crippen LogP contribution in [0.4, 0.5) is 0 Å². The van der Waals surface area contributed by atoms with Gasteiger partial charge in [0, 0.05) is 35.9 Å². The van der Waals surface area contributed by atoms with E-state index in [2.05, 4.69) is 0 Å². The summed E-state index contributed by atoms with van der Waals surface area (Å²) in [6.45, 7) is 1.92. The molecule has 0 bridgehead atoms. The van der Waals surface area contributed by atoms with Gasteiger partial charge in [-0.15, -0.1) is 0 Å². The number of methoxy groups -OCH3 is 2. The Morgan fingerprint density at radius 2 is 0.965 bits per heavy atom. The Hall–Kier alpha value is -6.76. The summed E-state index contributed by atoms with van der Waals surface area (Å²) in [6.07, 6.45) is -30.9. The van der Waals surface area contributed by atoms with Crippen LogP contribution in [0.15, 0.2) is 75.9 Å². The number of Topliss-reactive ketones (excluding diaryl/α,β-unsaturated/α-hetero) is 1. The standard InChI is InChI=1S/C28H34O15.C28H32O15/c2*1-10-21(32)23(34)25(36)27(40-10)39-9-19-22(33)24(35)26(37)28(43-19)41-12-6-14(30)20-15(31)8-17(42-18(20)7-12)11-3-4-16(38-2)13(29)5-11/h3-7,10,17,19,21-30,32-37H,8-9H2,1-2H3;3-8,10,19,21-30,32-37H,9H2,1-2H3/t10-,17-,19+,21-,22+,23+,24-,25+,26+,27+,28+;10-,19+,21-,22+,23+,24-,25+,26+,27+,28+/m00/s1. The largest absolute Gasteiger partial charge is 0.507 e. The van der Waals surface area contributed by atoms with E-state index in [-0.39, 0.29) is 69.0 Å². The molecule has 5 aromatic rings. The molecule has 0 spiro atoms. The first-order valence-electron chi connectivity index (χ1n) is 26.8. The number of aliphatic hydroxyl groups excluding tert-OH is 12. The third kappa shape index (κ3) is 13.1. The lowest BCUT2D eigenvalue weighted by atomic mass is 9.95. The van der Waals surface area contributed by atoms with Crippen LogP contribution in [0.5, 0.6) is 51.7 Å². The molecule has 0 amide bonds. The number of carbonyl (C=O) groups excluding carboxylic acids is 1. The number of ketones is 1. The molecule has 4 fully saturated rings. The SMILES string of the molecule is COc1ccc(-c2cc(=O)c3c(O)cc(O[C@@H]4O[C@H](CO[C@@H]5O[C@@H](C)[C@H](O)[C@@H](O)[C@H]5O)[C@@H](O)[C@H](O)[C@H]4O)cc3o2)cc1O.COc1ccc([C@@H]2CC(=O)c3c(O)cc(O[C@@H]4O[C@H](CO[C@@H]5O[C@@H](C)[C@H](O)[C@@H](O)[C@H]5O)[C@@H](O)[C@H](O)[C@H]4O)cc3O2)cc1O. The van der Waals surface area contributed by atoms with Gasteiger partial charge in [0.05, 0.1) is 46.1 Å². The molecule has 0 saturated carbocycles. The fourth-order valence-corrected chi connectivity index (χ4v) is 10.1. The first-order valence-corrected chi connectivity index (χ1v) is 26.8. The van der Waals surface area contributed by atoms with Crippen LogP contribution in [0.25, 0.3) is 22.3 Å². The van der Waals surface area contributed by atoms with Crippen LogP contribution >= 0.6 is 0 Å². The lowest BCUT2D eigenvalue weighted by Crippen LogP contribution is -2.61. The van der Waals surface area contributed by atoms with Crippen LogP contribution in [0.3, 0.4) is 0 Å². The molecular formula is C56H66O30. The molecule has 0 aliphatic carbocycles. The van der Waals surface area contributed by atoms with E-state index in [0.717, 1.165) is 18.2 Å². The topological polar surface area (TPSA) is 472 Å². The summed E-state index contributed by atoms with van der Waals surface area (Å²) in [4.78, 5) is 25.7. The lowest BCUT2D eigenvalue weighted by Gasteiger charge is -2.42. The van der Waals surface area contributed by atoms with Gasteiger partial charge >= 0.3 is 0 Å². The van der Waals surface area contributed by atoms with Crippen molar-refractivity contribution in [3.8, 4) is 63.1 Å². The van der Waals surface area contributed by atoms with Crippen LogP contribution in [0.1, 0.15) is 42.3 Å². The van der Waals surface area contributed by atoms with E-state index >= 15 is 0 Å². The zero-order valence-corrected chi connectivity index (χ0v) is 46.0. The molecule has 86 heavy (non-hydrogen) atoms. The number of aromatic hydroxyl groups is 4. The van der Waals surface area contributed by atoms with Crippen molar-refractivity contribution < 1.29 is 143 Å². The number of rotatable bonds is 14. The minimum absolute atomic E-state index is 0.0457. The lowest BCUT2D eigenvalue weighted by molar-refractivity contribution is -0.318. The van der Waals surface area contributed by atoms with Crippen LogP contribution in [0, 0.1) is 0 Å². The predicted molar refractivity (Wildman–Crippen MR) is 284 cm³/mol. The van der Waals surface area contributed by atoms with Gasteiger partial charge in [-0.3, -0.25) is 9.59 Å².